The van der Waals surface area contributed by atoms with Gasteiger partial charge in [-0.25, -0.2) is 4.79 Å². The van der Waals surface area contributed by atoms with Crippen molar-refractivity contribution in [2.45, 2.75) is 45.4 Å². The van der Waals surface area contributed by atoms with Crippen LogP contribution in [0.1, 0.15) is 45.4 Å². The van der Waals surface area contributed by atoms with Crippen molar-refractivity contribution in [3.63, 3.8) is 0 Å². The normalized spacial score (nSPS) is 17.9. The summed E-state index contributed by atoms with van der Waals surface area (Å²) < 4.78 is 0. The third-order valence-corrected chi connectivity index (χ3v) is 3.95. The number of aliphatic carboxylic acids is 1. The molecule has 2 amide bonds. The monoisotopic (exact) mass is 282 g/mol. The van der Waals surface area contributed by atoms with Crippen molar-refractivity contribution in [3.8, 4) is 0 Å². The van der Waals surface area contributed by atoms with Crippen LogP contribution in [0.4, 0.5) is 4.79 Å². The van der Waals surface area contributed by atoms with Crippen molar-refractivity contribution < 1.29 is 14.7 Å². The standard InChI is InChI=1S/C15H26N2O3/c1-12(2)10-17(3)14(20)16-11-15(13(18)19)8-6-4-5-7-9-15/h1,4-11H2,2-3H3,(H,16,20)(H,18,19). The van der Waals surface area contributed by atoms with Crippen LogP contribution in [0, 0.1) is 5.41 Å². The van der Waals surface area contributed by atoms with Crippen molar-refractivity contribution in [2.75, 3.05) is 20.1 Å². The van der Waals surface area contributed by atoms with Gasteiger partial charge in [0.15, 0.2) is 0 Å². The summed E-state index contributed by atoms with van der Waals surface area (Å²) in [6.07, 6.45) is 5.30. The Morgan fingerprint density at radius 3 is 2.25 bits per heavy atom. The predicted molar refractivity (Wildman–Crippen MR) is 78.6 cm³/mol. The summed E-state index contributed by atoms with van der Waals surface area (Å²) in [7, 11) is 1.69. The third-order valence-electron chi connectivity index (χ3n) is 3.95. The highest BCUT2D eigenvalue weighted by molar-refractivity contribution is 5.78. The lowest BCUT2D eigenvalue weighted by Gasteiger charge is -2.29. The van der Waals surface area contributed by atoms with Crippen LogP contribution in [-0.2, 0) is 4.79 Å². The van der Waals surface area contributed by atoms with Gasteiger partial charge in [0, 0.05) is 20.1 Å². The van der Waals surface area contributed by atoms with Gasteiger partial charge in [0.25, 0.3) is 0 Å². The van der Waals surface area contributed by atoms with Gasteiger partial charge < -0.3 is 15.3 Å². The van der Waals surface area contributed by atoms with Crippen molar-refractivity contribution in [3.05, 3.63) is 12.2 Å². The first kappa shape index (κ1) is 16.5. The molecular formula is C15H26N2O3. The molecule has 0 unspecified atom stereocenters. The molecule has 0 aliphatic heterocycles. The summed E-state index contributed by atoms with van der Waals surface area (Å²) in [4.78, 5) is 25.1. The first-order valence-electron chi connectivity index (χ1n) is 7.24. The van der Waals surface area contributed by atoms with E-state index in [1.807, 2.05) is 6.92 Å². The fraction of sp³-hybridized carbons (Fsp3) is 0.733. The van der Waals surface area contributed by atoms with Crippen LogP contribution in [0.15, 0.2) is 12.2 Å². The molecule has 0 aromatic carbocycles. The molecular weight excluding hydrogens is 256 g/mol. The molecule has 0 aromatic rings. The Bertz CT molecular complexity index is 371. The van der Waals surface area contributed by atoms with Crippen LogP contribution >= 0.6 is 0 Å². The fourth-order valence-electron chi connectivity index (χ4n) is 2.73. The maximum Gasteiger partial charge on any atom is 0.317 e. The third kappa shape index (κ3) is 4.54. The van der Waals surface area contributed by atoms with E-state index in [-0.39, 0.29) is 12.6 Å². The zero-order valence-corrected chi connectivity index (χ0v) is 12.6. The maximum absolute atomic E-state index is 12.0. The first-order valence-corrected chi connectivity index (χ1v) is 7.24. The summed E-state index contributed by atoms with van der Waals surface area (Å²) in [5.74, 6) is -0.790. The molecule has 1 rings (SSSR count). The quantitative estimate of drug-likeness (QED) is 0.601. The Labute approximate surface area is 121 Å². The van der Waals surface area contributed by atoms with Gasteiger partial charge in [0.2, 0.25) is 0 Å². The maximum atomic E-state index is 12.0. The molecule has 1 saturated carbocycles. The minimum atomic E-state index is -0.795. The molecule has 0 aromatic heterocycles. The average molecular weight is 282 g/mol. The number of urea groups is 1. The SMILES string of the molecule is C=C(C)CN(C)C(=O)NCC1(C(=O)O)CCCCCC1. The summed E-state index contributed by atoms with van der Waals surface area (Å²) in [5.41, 5.74) is 0.0982. The van der Waals surface area contributed by atoms with Crippen molar-refractivity contribution >= 4 is 12.0 Å². The summed E-state index contributed by atoms with van der Waals surface area (Å²) in [6.45, 7) is 6.31. The van der Waals surface area contributed by atoms with Gasteiger partial charge in [-0.1, -0.05) is 37.8 Å². The molecule has 0 atom stereocenters. The lowest BCUT2D eigenvalue weighted by atomic mass is 9.80. The van der Waals surface area contributed by atoms with Crippen LogP contribution in [-0.4, -0.2) is 42.1 Å². The predicted octanol–water partition coefficient (Wildman–Crippen LogP) is 2.63. The van der Waals surface area contributed by atoms with Crippen molar-refractivity contribution in [2.24, 2.45) is 5.41 Å². The minimum absolute atomic E-state index is 0.210. The molecule has 0 saturated heterocycles. The van der Waals surface area contributed by atoms with E-state index >= 15 is 0 Å². The molecule has 114 valence electrons. The molecule has 0 spiro atoms. The van der Waals surface area contributed by atoms with Gasteiger partial charge in [0.1, 0.15) is 0 Å². The Balaban J connectivity index is 2.60. The smallest absolute Gasteiger partial charge is 0.317 e. The first-order chi connectivity index (χ1) is 9.37. The van der Waals surface area contributed by atoms with Crippen molar-refractivity contribution in [1.29, 1.82) is 0 Å². The molecule has 20 heavy (non-hydrogen) atoms. The number of nitrogens with zero attached hydrogens (tertiary/aromatic N) is 1. The molecule has 1 fully saturated rings. The number of nitrogens with one attached hydrogen (secondary N) is 1. The summed E-state index contributed by atoms with van der Waals surface area (Å²) in [6, 6.07) is -0.238. The average Bonchev–Trinajstić information content (AvgIpc) is 2.61. The summed E-state index contributed by atoms with van der Waals surface area (Å²) >= 11 is 0. The van der Waals surface area contributed by atoms with E-state index < -0.39 is 11.4 Å². The number of rotatable bonds is 5. The van der Waals surface area contributed by atoms with E-state index in [4.69, 9.17) is 0 Å². The second-order valence-electron chi connectivity index (χ2n) is 5.97. The zero-order chi connectivity index (χ0) is 15.2. The van der Waals surface area contributed by atoms with Crippen LogP contribution in [0.3, 0.4) is 0 Å². The van der Waals surface area contributed by atoms with E-state index in [9.17, 15) is 14.7 Å². The largest absolute Gasteiger partial charge is 0.481 e. The van der Waals surface area contributed by atoms with Gasteiger partial charge in [-0.05, 0) is 19.8 Å². The van der Waals surface area contributed by atoms with Crippen LogP contribution in [0.5, 0.6) is 0 Å². The minimum Gasteiger partial charge on any atom is -0.481 e. The van der Waals surface area contributed by atoms with Crippen LogP contribution in [0.25, 0.3) is 0 Å². The molecule has 5 nitrogen and oxygen atoms in total. The highest BCUT2D eigenvalue weighted by Gasteiger charge is 2.39. The lowest BCUT2D eigenvalue weighted by Crippen LogP contribution is -2.46. The number of hydrogen-bond donors (Lipinski definition) is 2. The number of carboxylic acids is 1. The number of hydrogen-bond acceptors (Lipinski definition) is 2. The molecule has 2 N–H and O–H groups in total. The number of carbonyl (C=O) groups is 2. The van der Waals surface area contributed by atoms with E-state index in [2.05, 4.69) is 11.9 Å². The van der Waals surface area contributed by atoms with Gasteiger partial charge in [-0.3, -0.25) is 4.79 Å². The summed E-state index contributed by atoms with van der Waals surface area (Å²) in [5, 5.41) is 12.3. The van der Waals surface area contributed by atoms with E-state index in [0.29, 0.717) is 19.4 Å². The van der Waals surface area contributed by atoms with Gasteiger partial charge in [0.05, 0.1) is 5.41 Å². The lowest BCUT2D eigenvalue weighted by molar-refractivity contribution is -0.149. The highest BCUT2D eigenvalue weighted by atomic mass is 16.4. The Hall–Kier alpha value is -1.52. The van der Waals surface area contributed by atoms with Gasteiger partial charge in [-0.15, -0.1) is 0 Å². The molecule has 0 heterocycles. The number of carboxylic acid groups (broad SMARTS) is 1. The van der Waals surface area contributed by atoms with Crippen LogP contribution < -0.4 is 5.32 Å². The Morgan fingerprint density at radius 2 is 1.80 bits per heavy atom. The number of likely N-dealkylation sites (N-methyl/N-ethyl adjacent to an activating group) is 1. The Morgan fingerprint density at radius 1 is 1.25 bits per heavy atom. The molecule has 0 bridgehead atoms. The number of carbonyl (C=O) groups excluding carboxylic acids is 1. The Kier molecular flexibility index (Phi) is 6.05. The van der Waals surface area contributed by atoms with E-state index in [0.717, 1.165) is 31.3 Å². The topological polar surface area (TPSA) is 69.6 Å². The number of amides is 2. The molecule has 5 heteroatoms. The van der Waals surface area contributed by atoms with E-state index in [1.54, 1.807) is 7.05 Å². The zero-order valence-electron chi connectivity index (χ0n) is 12.6. The fourth-order valence-corrected chi connectivity index (χ4v) is 2.73. The van der Waals surface area contributed by atoms with Crippen molar-refractivity contribution in [1.82, 2.24) is 10.2 Å². The highest BCUT2D eigenvalue weighted by Crippen LogP contribution is 2.34. The second kappa shape index (κ2) is 7.31. The van der Waals surface area contributed by atoms with E-state index in [1.165, 1.54) is 4.90 Å². The molecule has 1 aliphatic rings. The van der Waals surface area contributed by atoms with Gasteiger partial charge in [-0.2, -0.15) is 0 Å². The second-order valence-corrected chi connectivity index (χ2v) is 5.97. The van der Waals surface area contributed by atoms with Crippen LogP contribution in [0.2, 0.25) is 0 Å². The molecule has 0 radical (unpaired) electrons. The molecule has 1 aliphatic carbocycles. The van der Waals surface area contributed by atoms with Gasteiger partial charge >= 0.3 is 12.0 Å².